The second-order valence-electron chi connectivity index (χ2n) is 4.77. The van der Waals surface area contributed by atoms with Crippen LogP contribution >= 0.6 is 0 Å². The Bertz CT molecular complexity index is 672. The average molecular weight is 323 g/mol. The molecule has 0 saturated carbocycles. The Labute approximate surface area is 119 Å². The minimum Gasteiger partial charge on any atom is -0.508 e. The van der Waals surface area contributed by atoms with Gasteiger partial charge in [-0.3, -0.25) is 0 Å². The third-order valence-corrected chi connectivity index (χ3v) is 7.80. The van der Waals surface area contributed by atoms with E-state index in [9.17, 15) is 16.8 Å². The molecule has 0 spiro atoms. The Morgan fingerprint density at radius 1 is 1.10 bits per heavy atom. The molecule has 0 radical (unpaired) electrons. The van der Waals surface area contributed by atoms with Crippen molar-refractivity contribution in [2.45, 2.75) is 6.92 Å². The lowest BCUT2D eigenvalue weighted by Crippen LogP contribution is -2.37. The number of benzene rings is 1. The first-order valence-electron chi connectivity index (χ1n) is 5.73. The highest BCUT2D eigenvalue weighted by Gasteiger charge is 2.60. The monoisotopic (exact) mass is 323 g/mol. The fraction of sp³-hybridized carbons (Fsp3) is 0.455. The lowest BCUT2D eigenvalue weighted by atomic mass is 10.2. The van der Waals surface area contributed by atoms with Crippen molar-refractivity contribution in [3.63, 3.8) is 0 Å². The van der Waals surface area contributed by atoms with E-state index in [-0.39, 0.29) is 18.8 Å². The molecule has 1 fully saturated rings. The molecule has 0 unspecified atom stereocenters. The molecule has 0 amide bonds. The van der Waals surface area contributed by atoms with Crippen LogP contribution in [0.4, 0.5) is 5.69 Å². The van der Waals surface area contributed by atoms with E-state index in [0.717, 1.165) is 18.1 Å². The van der Waals surface area contributed by atoms with Crippen LogP contribution < -0.4 is 5.73 Å². The standard InChI is InChI=1S/C7H9NO.C4H10NO4S2/c1-5-2-3-6(8)4-7(5)9;1-10(6,7)5(3-4-5)11(2,8)9/h2-4,9H,8H2,1H3;3-4H2,1-2H3/q;+1. The topological polar surface area (TPSA) is 115 Å². The summed E-state index contributed by atoms with van der Waals surface area (Å²) >= 11 is 0. The zero-order valence-corrected chi connectivity index (χ0v) is 13.2. The van der Waals surface area contributed by atoms with Gasteiger partial charge < -0.3 is 10.8 Å². The molecule has 1 heterocycles. The van der Waals surface area contributed by atoms with E-state index < -0.39 is 23.3 Å². The fourth-order valence-corrected chi connectivity index (χ4v) is 5.07. The number of phenolic OH excluding ortho intramolecular Hbond substituents is 1. The second kappa shape index (κ2) is 5.23. The lowest BCUT2D eigenvalue weighted by Gasteiger charge is -2.10. The molecule has 9 heteroatoms. The summed E-state index contributed by atoms with van der Waals surface area (Å²) in [6.45, 7) is 2.21. The molecule has 3 N–H and O–H groups in total. The molecule has 0 bridgehead atoms. The van der Waals surface area contributed by atoms with Gasteiger partial charge in [-0.15, -0.1) is 3.29 Å². The predicted molar refractivity (Wildman–Crippen MR) is 76.9 cm³/mol. The van der Waals surface area contributed by atoms with Crippen LogP contribution in [-0.2, 0) is 20.0 Å². The van der Waals surface area contributed by atoms with Crippen LogP contribution in [0, 0.1) is 6.92 Å². The maximum atomic E-state index is 11.0. The summed E-state index contributed by atoms with van der Waals surface area (Å²) in [7, 11) is -7.00. The van der Waals surface area contributed by atoms with Crippen molar-refractivity contribution in [1.29, 1.82) is 0 Å². The van der Waals surface area contributed by atoms with Gasteiger partial charge in [-0.2, -0.15) is 16.8 Å². The molecule has 0 atom stereocenters. The first-order chi connectivity index (χ1) is 8.91. The van der Waals surface area contributed by atoms with Gasteiger partial charge in [0.15, 0.2) is 13.1 Å². The van der Waals surface area contributed by atoms with Gasteiger partial charge in [-0.1, -0.05) is 6.07 Å². The van der Waals surface area contributed by atoms with Crippen molar-refractivity contribution < 1.29 is 25.2 Å². The van der Waals surface area contributed by atoms with Crippen molar-refractivity contribution in [2.75, 3.05) is 31.3 Å². The van der Waals surface area contributed by atoms with E-state index >= 15 is 0 Å². The molecule has 2 rings (SSSR count). The minimum absolute atomic E-state index is 0.192. The number of rotatable bonds is 2. The first-order valence-corrected chi connectivity index (χ1v) is 9.43. The molecule has 114 valence electrons. The number of aryl methyl sites for hydroxylation is 1. The fourth-order valence-electron chi connectivity index (χ4n) is 1.62. The number of aromatic hydroxyl groups is 1. The zero-order valence-electron chi connectivity index (χ0n) is 11.6. The zero-order chi connectivity index (χ0) is 15.8. The Morgan fingerprint density at radius 2 is 1.55 bits per heavy atom. The molecule has 1 aliphatic heterocycles. The Hall–Kier alpha value is -1.32. The highest BCUT2D eigenvalue weighted by Crippen LogP contribution is 2.31. The minimum atomic E-state index is -3.50. The van der Waals surface area contributed by atoms with Crippen LogP contribution in [0.2, 0.25) is 0 Å². The Kier molecular flexibility index (Phi) is 4.37. The van der Waals surface area contributed by atoms with Crippen LogP contribution in [0.5, 0.6) is 5.75 Å². The molecule has 0 aromatic heterocycles. The van der Waals surface area contributed by atoms with Crippen LogP contribution in [0.3, 0.4) is 0 Å². The normalized spacial score (nSPS) is 16.9. The summed E-state index contributed by atoms with van der Waals surface area (Å²) in [5.74, 6) is 0.259. The van der Waals surface area contributed by atoms with E-state index in [4.69, 9.17) is 10.8 Å². The number of nitrogens with zero attached hydrogens (tertiary/aromatic N) is 1. The van der Waals surface area contributed by atoms with E-state index in [2.05, 4.69) is 0 Å². The van der Waals surface area contributed by atoms with Gasteiger partial charge in [0, 0.05) is 11.8 Å². The molecule has 0 aliphatic carbocycles. The summed E-state index contributed by atoms with van der Waals surface area (Å²) in [5, 5.41) is 9.02. The summed E-state index contributed by atoms with van der Waals surface area (Å²) in [5.41, 5.74) is 6.81. The van der Waals surface area contributed by atoms with Gasteiger partial charge in [0.1, 0.15) is 5.75 Å². The number of nitrogens with two attached hydrogens (primary N) is 1. The van der Waals surface area contributed by atoms with Crippen LogP contribution in [0.1, 0.15) is 5.56 Å². The molecular formula is C11H19N2O5S2+. The van der Waals surface area contributed by atoms with E-state index in [0.29, 0.717) is 5.69 Å². The molecule has 1 aromatic rings. The Balaban J connectivity index is 0.000000204. The lowest BCUT2D eigenvalue weighted by molar-refractivity contribution is -0.504. The largest absolute Gasteiger partial charge is 0.508 e. The number of nitrogen functional groups attached to an aromatic ring is 1. The van der Waals surface area contributed by atoms with E-state index in [1.54, 1.807) is 12.1 Å². The third-order valence-electron chi connectivity index (χ3n) is 3.03. The average Bonchev–Trinajstić information content (AvgIpc) is 3.03. The van der Waals surface area contributed by atoms with Gasteiger partial charge in [0.05, 0.1) is 12.5 Å². The van der Waals surface area contributed by atoms with Crippen molar-refractivity contribution in [3.8, 4) is 5.75 Å². The maximum Gasteiger partial charge on any atom is 0.308 e. The molecule has 7 nitrogen and oxygen atoms in total. The highest BCUT2D eigenvalue weighted by molar-refractivity contribution is 7.97. The first kappa shape index (κ1) is 16.7. The van der Waals surface area contributed by atoms with Crippen LogP contribution in [0.15, 0.2) is 18.2 Å². The van der Waals surface area contributed by atoms with Crippen LogP contribution in [-0.4, -0.2) is 50.8 Å². The van der Waals surface area contributed by atoms with Gasteiger partial charge in [-0.25, -0.2) is 0 Å². The number of hydrogen-bond donors (Lipinski definition) is 2. The quantitative estimate of drug-likeness (QED) is 0.450. The maximum absolute atomic E-state index is 11.0. The molecule has 1 saturated heterocycles. The second-order valence-corrected chi connectivity index (χ2v) is 9.33. The molecule has 1 aliphatic rings. The van der Waals surface area contributed by atoms with Crippen molar-refractivity contribution in [3.05, 3.63) is 23.8 Å². The van der Waals surface area contributed by atoms with Crippen LogP contribution in [0.25, 0.3) is 0 Å². The molecular weight excluding hydrogens is 304 g/mol. The van der Waals surface area contributed by atoms with Gasteiger partial charge >= 0.3 is 20.0 Å². The molecule has 1 aromatic carbocycles. The predicted octanol–water partition coefficient (Wildman–Crippen LogP) is 0.0188. The van der Waals surface area contributed by atoms with E-state index in [1.807, 2.05) is 6.92 Å². The SMILES string of the molecule is CS(=O)(=O)[N+]1(S(C)(=O)=O)CC1.Cc1ccc(N)cc1O. The molecule has 20 heavy (non-hydrogen) atoms. The van der Waals surface area contributed by atoms with E-state index in [1.165, 1.54) is 6.07 Å². The summed E-state index contributed by atoms with van der Waals surface area (Å²) in [6.07, 6.45) is 1.89. The number of sulfonamides is 2. The summed E-state index contributed by atoms with van der Waals surface area (Å²) < 4.78 is 43.1. The third kappa shape index (κ3) is 3.41. The van der Waals surface area contributed by atoms with Crippen molar-refractivity contribution in [2.24, 2.45) is 0 Å². The summed E-state index contributed by atoms with van der Waals surface area (Å²) in [6, 6.07) is 5.08. The number of anilines is 1. The Morgan fingerprint density at radius 3 is 1.75 bits per heavy atom. The van der Waals surface area contributed by atoms with Gasteiger partial charge in [0.25, 0.3) is 0 Å². The smallest absolute Gasteiger partial charge is 0.308 e. The van der Waals surface area contributed by atoms with Crippen molar-refractivity contribution >= 4 is 25.7 Å². The van der Waals surface area contributed by atoms with Gasteiger partial charge in [0.2, 0.25) is 0 Å². The highest BCUT2D eigenvalue weighted by atomic mass is 32.3. The summed E-state index contributed by atoms with van der Waals surface area (Å²) in [4.78, 5) is 0. The van der Waals surface area contributed by atoms with Crippen molar-refractivity contribution in [1.82, 2.24) is 0 Å². The number of phenols is 1. The number of hydrogen-bond acceptors (Lipinski definition) is 6. The van der Waals surface area contributed by atoms with Gasteiger partial charge in [-0.05, 0) is 18.6 Å². The number of quaternary nitrogens is 1.